The molecule has 3 rings (SSSR count). The van der Waals surface area contributed by atoms with Crippen LogP contribution >= 0.6 is 23.2 Å². The molecule has 1 heterocycles. The largest absolute Gasteiger partial charge is 0.250 e. The molecule has 0 saturated heterocycles. The lowest BCUT2D eigenvalue weighted by molar-refractivity contribution is 1.24. The molecule has 28 heavy (non-hydrogen) atoms. The van der Waals surface area contributed by atoms with E-state index in [-0.39, 0.29) is 0 Å². The number of hydrogen-bond donors (Lipinski definition) is 0. The van der Waals surface area contributed by atoms with Gasteiger partial charge in [-0.1, -0.05) is 41.4 Å². The smallest absolute Gasteiger partial charge is 0.0849 e. The number of hydrogen-bond acceptors (Lipinski definition) is 3. The van der Waals surface area contributed by atoms with Gasteiger partial charge in [-0.05, 0) is 75.2 Å². The van der Waals surface area contributed by atoms with Crippen LogP contribution in [0.25, 0.3) is 0 Å². The standard InChI is InChI=1S/C23H21Cl2N3/c1-14-8-10-18(24)22(12-14)26-16(3)20-6-5-7-21(28-20)17(4)27-23-13-15(2)9-11-19(23)25/h5-13H,1-4H3. The minimum atomic E-state index is 0.618. The van der Waals surface area contributed by atoms with Gasteiger partial charge in [0.1, 0.15) is 0 Å². The number of aliphatic imine (C=N–C) groups is 2. The van der Waals surface area contributed by atoms with Gasteiger partial charge < -0.3 is 0 Å². The molecule has 142 valence electrons. The molecular formula is C23H21Cl2N3. The van der Waals surface area contributed by atoms with Crippen molar-refractivity contribution in [1.82, 2.24) is 4.98 Å². The molecule has 3 aromatic rings. The van der Waals surface area contributed by atoms with Gasteiger partial charge in [0.2, 0.25) is 0 Å². The molecule has 0 bridgehead atoms. The molecule has 0 atom stereocenters. The minimum Gasteiger partial charge on any atom is -0.250 e. The Bertz CT molecular complexity index is 1000. The van der Waals surface area contributed by atoms with E-state index in [2.05, 4.69) is 9.98 Å². The Morgan fingerprint density at radius 2 is 1.14 bits per heavy atom. The van der Waals surface area contributed by atoms with Crippen molar-refractivity contribution in [3.8, 4) is 0 Å². The maximum atomic E-state index is 6.27. The zero-order valence-electron chi connectivity index (χ0n) is 16.3. The van der Waals surface area contributed by atoms with Gasteiger partial charge in [-0.15, -0.1) is 0 Å². The number of aryl methyl sites for hydroxylation is 2. The summed E-state index contributed by atoms with van der Waals surface area (Å²) < 4.78 is 0. The molecule has 1 aromatic heterocycles. The summed E-state index contributed by atoms with van der Waals surface area (Å²) in [6.07, 6.45) is 0. The van der Waals surface area contributed by atoms with Crippen molar-refractivity contribution in [3.05, 3.63) is 87.2 Å². The van der Waals surface area contributed by atoms with Crippen LogP contribution in [0.15, 0.2) is 64.6 Å². The van der Waals surface area contributed by atoms with E-state index in [4.69, 9.17) is 28.2 Å². The van der Waals surface area contributed by atoms with Gasteiger partial charge in [0.05, 0.1) is 44.2 Å². The quantitative estimate of drug-likeness (QED) is 0.416. The first-order chi connectivity index (χ1) is 13.3. The first-order valence-corrected chi connectivity index (χ1v) is 9.70. The SMILES string of the molecule is CC(=Nc1cc(C)ccc1Cl)c1cccc(C(C)=Nc2cc(C)ccc2Cl)n1. The van der Waals surface area contributed by atoms with E-state index in [9.17, 15) is 0 Å². The Labute approximate surface area is 175 Å². The van der Waals surface area contributed by atoms with E-state index < -0.39 is 0 Å². The van der Waals surface area contributed by atoms with Gasteiger partial charge >= 0.3 is 0 Å². The summed E-state index contributed by atoms with van der Waals surface area (Å²) in [4.78, 5) is 14.0. The molecule has 0 amide bonds. The van der Waals surface area contributed by atoms with Crippen molar-refractivity contribution >= 4 is 46.0 Å². The van der Waals surface area contributed by atoms with Crippen LogP contribution in [0.3, 0.4) is 0 Å². The van der Waals surface area contributed by atoms with Gasteiger partial charge in [-0.3, -0.25) is 0 Å². The molecule has 0 aliphatic rings. The van der Waals surface area contributed by atoms with E-state index in [1.807, 2.05) is 82.3 Å². The van der Waals surface area contributed by atoms with Crippen molar-refractivity contribution < 1.29 is 0 Å². The Morgan fingerprint density at radius 1 is 0.714 bits per heavy atom. The molecule has 0 spiro atoms. The van der Waals surface area contributed by atoms with E-state index >= 15 is 0 Å². The molecule has 0 saturated carbocycles. The van der Waals surface area contributed by atoms with Gasteiger partial charge in [-0.2, -0.15) is 0 Å². The molecule has 0 fully saturated rings. The molecule has 2 aromatic carbocycles. The second-order valence-electron chi connectivity index (χ2n) is 6.71. The fourth-order valence-electron chi connectivity index (χ4n) is 2.73. The topological polar surface area (TPSA) is 37.6 Å². The van der Waals surface area contributed by atoms with Crippen LogP contribution in [0, 0.1) is 13.8 Å². The number of rotatable bonds is 4. The Balaban J connectivity index is 1.95. The third-order valence-electron chi connectivity index (χ3n) is 4.27. The highest BCUT2D eigenvalue weighted by Crippen LogP contribution is 2.27. The molecule has 0 unspecified atom stereocenters. The van der Waals surface area contributed by atoms with Crippen LogP contribution < -0.4 is 0 Å². The van der Waals surface area contributed by atoms with E-state index in [0.717, 1.165) is 45.3 Å². The second-order valence-corrected chi connectivity index (χ2v) is 7.53. The van der Waals surface area contributed by atoms with Gasteiger partial charge in [0, 0.05) is 0 Å². The molecule has 5 heteroatoms. The molecule has 0 radical (unpaired) electrons. The van der Waals surface area contributed by atoms with Crippen molar-refractivity contribution in [2.75, 3.05) is 0 Å². The lowest BCUT2D eigenvalue weighted by atomic mass is 10.2. The van der Waals surface area contributed by atoms with Crippen molar-refractivity contribution in [2.45, 2.75) is 27.7 Å². The van der Waals surface area contributed by atoms with Crippen molar-refractivity contribution in [2.24, 2.45) is 9.98 Å². The van der Waals surface area contributed by atoms with Crippen LogP contribution in [-0.4, -0.2) is 16.4 Å². The minimum absolute atomic E-state index is 0.618. The van der Waals surface area contributed by atoms with E-state index in [1.165, 1.54) is 0 Å². The first-order valence-electron chi connectivity index (χ1n) is 8.94. The third-order valence-corrected chi connectivity index (χ3v) is 4.91. The number of benzene rings is 2. The highest BCUT2D eigenvalue weighted by molar-refractivity contribution is 6.33. The third kappa shape index (κ3) is 4.86. The predicted octanol–water partition coefficient (Wildman–Crippen LogP) is 7.29. The average molecular weight is 410 g/mol. The highest BCUT2D eigenvalue weighted by atomic mass is 35.5. The second kappa shape index (κ2) is 8.68. The average Bonchev–Trinajstić information content (AvgIpc) is 2.67. The molecule has 0 N–H and O–H groups in total. The van der Waals surface area contributed by atoms with Crippen LogP contribution in [0.5, 0.6) is 0 Å². The number of pyridine rings is 1. The number of nitrogens with zero attached hydrogens (tertiary/aromatic N) is 3. The summed E-state index contributed by atoms with van der Waals surface area (Å²) in [6, 6.07) is 17.4. The van der Waals surface area contributed by atoms with Gasteiger partial charge in [0.25, 0.3) is 0 Å². The van der Waals surface area contributed by atoms with Gasteiger partial charge in [0.15, 0.2) is 0 Å². The lowest BCUT2D eigenvalue weighted by Gasteiger charge is -2.07. The summed E-state index contributed by atoms with van der Waals surface area (Å²) in [7, 11) is 0. The maximum Gasteiger partial charge on any atom is 0.0849 e. The summed E-state index contributed by atoms with van der Waals surface area (Å²) in [6.45, 7) is 7.88. The Morgan fingerprint density at radius 3 is 1.57 bits per heavy atom. The summed E-state index contributed by atoms with van der Waals surface area (Å²) in [5.41, 5.74) is 6.82. The van der Waals surface area contributed by atoms with Crippen LogP contribution in [0.1, 0.15) is 36.4 Å². The Kier molecular flexibility index (Phi) is 6.28. The van der Waals surface area contributed by atoms with E-state index in [1.54, 1.807) is 0 Å². The van der Waals surface area contributed by atoms with Crippen LogP contribution in [-0.2, 0) is 0 Å². The normalized spacial score (nSPS) is 12.4. The van der Waals surface area contributed by atoms with Crippen LogP contribution in [0.2, 0.25) is 10.0 Å². The molecule has 0 aliphatic heterocycles. The monoisotopic (exact) mass is 409 g/mol. The number of aromatic nitrogens is 1. The van der Waals surface area contributed by atoms with Crippen molar-refractivity contribution in [3.63, 3.8) is 0 Å². The maximum absolute atomic E-state index is 6.27. The summed E-state index contributed by atoms with van der Waals surface area (Å²) in [5, 5.41) is 1.24. The molecule has 3 nitrogen and oxygen atoms in total. The van der Waals surface area contributed by atoms with Crippen molar-refractivity contribution in [1.29, 1.82) is 0 Å². The molecule has 0 aliphatic carbocycles. The summed E-state index contributed by atoms with van der Waals surface area (Å²) >= 11 is 12.5. The van der Waals surface area contributed by atoms with Gasteiger partial charge in [-0.25, -0.2) is 15.0 Å². The lowest BCUT2D eigenvalue weighted by Crippen LogP contribution is -2.05. The predicted molar refractivity (Wildman–Crippen MR) is 120 cm³/mol. The van der Waals surface area contributed by atoms with E-state index in [0.29, 0.717) is 10.0 Å². The summed E-state index contributed by atoms with van der Waals surface area (Å²) in [5.74, 6) is 0. The van der Waals surface area contributed by atoms with Crippen LogP contribution in [0.4, 0.5) is 11.4 Å². The Hall–Kier alpha value is -2.49. The first kappa shape index (κ1) is 20.2. The fraction of sp³-hybridized carbons (Fsp3) is 0.174. The molecular weight excluding hydrogens is 389 g/mol. The highest BCUT2D eigenvalue weighted by Gasteiger charge is 2.07. The fourth-order valence-corrected chi connectivity index (χ4v) is 3.05. The zero-order valence-corrected chi connectivity index (χ0v) is 17.8. The zero-order chi connectivity index (χ0) is 20.3. The number of halogens is 2.